The molecule has 2 heteroatoms. The van der Waals surface area contributed by atoms with Crippen molar-refractivity contribution in [2.45, 2.75) is 45.6 Å². The number of hydrogen-bond acceptors (Lipinski definition) is 2. The van der Waals surface area contributed by atoms with E-state index in [2.05, 4.69) is 69.3 Å². The van der Waals surface area contributed by atoms with Gasteiger partial charge in [0.15, 0.2) is 0 Å². The van der Waals surface area contributed by atoms with Crippen molar-refractivity contribution in [2.75, 3.05) is 27.2 Å². The predicted molar refractivity (Wildman–Crippen MR) is 84.9 cm³/mol. The highest BCUT2D eigenvalue weighted by molar-refractivity contribution is 5.25. The molecule has 0 saturated carbocycles. The van der Waals surface area contributed by atoms with E-state index in [0.717, 1.165) is 19.5 Å². The van der Waals surface area contributed by atoms with Crippen LogP contribution in [0.2, 0.25) is 0 Å². The van der Waals surface area contributed by atoms with Gasteiger partial charge in [0.25, 0.3) is 0 Å². The summed E-state index contributed by atoms with van der Waals surface area (Å²) in [5, 5.41) is 3.60. The third kappa shape index (κ3) is 6.22. The van der Waals surface area contributed by atoms with Crippen LogP contribution in [0.25, 0.3) is 0 Å². The first-order chi connectivity index (χ1) is 9.02. The summed E-state index contributed by atoms with van der Waals surface area (Å²) >= 11 is 0. The van der Waals surface area contributed by atoms with Gasteiger partial charge in [0.2, 0.25) is 0 Å². The Hall–Kier alpha value is -0.860. The Bertz CT molecular complexity index is 341. The van der Waals surface area contributed by atoms with Crippen LogP contribution in [0.5, 0.6) is 0 Å². The van der Waals surface area contributed by atoms with E-state index in [4.69, 9.17) is 0 Å². The standard InChI is InChI=1S/C17H30N2/c1-6-18-17(11-12-19(4)5)13-15-7-9-16(10-8-15)14(2)3/h7-10,14,17-18H,6,11-13H2,1-5H3. The second kappa shape index (κ2) is 8.34. The van der Waals surface area contributed by atoms with E-state index in [1.165, 1.54) is 17.5 Å². The van der Waals surface area contributed by atoms with Crippen LogP contribution in [-0.2, 0) is 6.42 Å². The molecule has 1 atom stereocenters. The summed E-state index contributed by atoms with van der Waals surface area (Å²) in [6, 6.07) is 9.70. The molecule has 0 bridgehead atoms. The van der Waals surface area contributed by atoms with Gasteiger partial charge in [-0.3, -0.25) is 0 Å². The van der Waals surface area contributed by atoms with Crippen LogP contribution in [0.4, 0.5) is 0 Å². The van der Waals surface area contributed by atoms with Gasteiger partial charge in [0.05, 0.1) is 0 Å². The van der Waals surface area contributed by atoms with E-state index in [9.17, 15) is 0 Å². The zero-order valence-corrected chi connectivity index (χ0v) is 13.2. The fourth-order valence-electron chi connectivity index (χ4n) is 2.30. The summed E-state index contributed by atoms with van der Waals surface area (Å²) in [6.07, 6.45) is 2.33. The Balaban J connectivity index is 2.57. The summed E-state index contributed by atoms with van der Waals surface area (Å²) in [5.74, 6) is 0.618. The lowest BCUT2D eigenvalue weighted by atomic mass is 9.98. The first-order valence-electron chi connectivity index (χ1n) is 7.49. The molecule has 2 nitrogen and oxygen atoms in total. The Morgan fingerprint density at radius 3 is 2.21 bits per heavy atom. The minimum Gasteiger partial charge on any atom is -0.314 e. The molecule has 0 aliphatic heterocycles. The van der Waals surface area contributed by atoms with E-state index in [0.29, 0.717) is 12.0 Å². The molecule has 0 aromatic heterocycles. The molecule has 1 aromatic rings. The van der Waals surface area contributed by atoms with Crippen molar-refractivity contribution in [3.63, 3.8) is 0 Å². The highest BCUT2D eigenvalue weighted by atomic mass is 15.1. The van der Waals surface area contributed by atoms with Crippen LogP contribution in [0, 0.1) is 0 Å². The Morgan fingerprint density at radius 2 is 1.74 bits per heavy atom. The van der Waals surface area contributed by atoms with E-state index < -0.39 is 0 Å². The molecule has 1 aromatic carbocycles. The highest BCUT2D eigenvalue weighted by Crippen LogP contribution is 2.16. The van der Waals surface area contributed by atoms with Crippen LogP contribution < -0.4 is 5.32 Å². The largest absolute Gasteiger partial charge is 0.314 e. The maximum Gasteiger partial charge on any atom is 0.0119 e. The van der Waals surface area contributed by atoms with Crippen molar-refractivity contribution >= 4 is 0 Å². The fourth-order valence-corrected chi connectivity index (χ4v) is 2.30. The van der Waals surface area contributed by atoms with E-state index >= 15 is 0 Å². The molecule has 1 N–H and O–H groups in total. The summed E-state index contributed by atoms with van der Waals surface area (Å²) in [4.78, 5) is 2.26. The number of likely N-dealkylation sites (N-methyl/N-ethyl adjacent to an activating group) is 1. The average molecular weight is 262 g/mol. The lowest BCUT2D eigenvalue weighted by molar-refractivity contribution is 0.358. The Labute approximate surface area is 119 Å². The normalized spacial score (nSPS) is 13.2. The number of nitrogens with zero attached hydrogens (tertiary/aromatic N) is 1. The molecule has 0 aliphatic rings. The average Bonchev–Trinajstić information content (AvgIpc) is 2.37. The van der Waals surface area contributed by atoms with Crippen LogP contribution in [0.15, 0.2) is 24.3 Å². The minimum atomic E-state index is 0.581. The molecule has 1 rings (SSSR count). The zero-order valence-electron chi connectivity index (χ0n) is 13.2. The van der Waals surface area contributed by atoms with Crippen molar-refractivity contribution in [3.8, 4) is 0 Å². The second-order valence-corrected chi connectivity index (χ2v) is 5.95. The summed E-state index contributed by atoms with van der Waals surface area (Å²) < 4.78 is 0. The van der Waals surface area contributed by atoms with Gasteiger partial charge < -0.3 is 10.2 Å². The van der Waals surface area contributed by atoms with Crippen LogP contribution in [0.1, 0.15) is 44.2 Å². The molecular weight excluding hydrogens is 232 g/mol. The second-order valence-electron chi connectivity index (χ2n) is 5.95. The molecule has 0 heterocycles. The summed E-state index contributed by atoms with van der Waals surface area (Å²) in [6.45, 7) is 8.86. The predicted octanol–water partition coefficient (Wildman–Crippen LogP) is 3.28. The van der Waals surface area contributed by atoms with Gasteiger partial charge in [-0.15, -0.1) is 0 Å². The van der Waals surface area contributed by atoms with Gasteiger partial charge in [-0.2, -0.15) is 0 Å². The Kier molecular flexibility index (Phi) is 7.11. The van der Waals surface area contributed by atoms with E-state index in [1.54, 1.807) is 0 Å². The quantitative estimate of drug-likeness (QED) is 0.773. The minimum absolute atomic E-state index is 0.581. The van der Waals surface area contributed by atoms with Gasteiger partial charge in [0.1, 0.15) is 0 Å². The number of rotatable bonds is 8. The lowest BCUT2D eigenvalue weighted by Crippen LogP contribution is -2.34. The SMILES string of the molecule is CCNC(CCN(C)C)Cc1ccc(C(C)C)cc1. The molecule has 0 fully saturated rings. The zero-order chi connectivity index (χ0) is 14.3. The Morgan fingerprint density at radius 1 is 1.11 bits per heavy atom. The van der Waals surface area contributed by atoms with Crippen LogP contribution in [0.3, 0.4) is 0 Å². The molecule has 0 amide bonds. The summed E-state index contributed by atoms with van der Waals surface area (Å²) in [7, 11) is 4.28. The lowest BCUT2D eigenvalue weighted by Gasteiger charge is -2.20. The van der Waals surface area contributed by atoms with Crippen LogP contribution >= 0.6 is 0 Å². The molecule has 0 saturated heterocycles. The highest BCUT2D eigenvalue weighted by Gasteiger charge is 2.09. The van der Waals surface area contributed by atoms with Crippen molar-refractivity contribution in [1.82, 2.24) is 10.2 Å². The molecule has 0 aliphatic carbocycles. The van der Waals surface area contributed by atoms with Gasteiger partial charge >= 0.3 is 0 Å². The maximum atomic E-state index is 3.60. The van der Waals surface area contributed by atoms with Crippen molar-refractivity contribution in [2.24, 2.45) is 0 Å². The third-order valence-corrected chi connectivity index (χ3v) is 3.55. The fraction of sp³-hybridized carbons (Fsp3) is 0.647. The molecule has 0 radical (unpaired) electrons. The van der Waals surface area contributed by atoms with Gasteiger partial charge in [-0.25, -0.2) is 0 Å². The summed E-state index contributed by atoms with van der Waals surface area (Å²) in [5.41, 5.74) is 2.87. The first kappa shape index (κ1) is 16.2. The molecule has 0 spiro atoms. The molecular formula is C17H30N2. The molecule has 19 heavy (non-hydrogen) atoms. The van der Waals surface area contributed by atoms with Gasteiger partial charge in [-0.1, -0.05) is 45.0 Å². The van der Waals surface area contributed by atoms with Crippen molar-refractivity contribution in [3.05, 3.63) is 35.4 Å². The van der Waals surface area contributed by atoms with Gasteiger partial charge in [-0.05, 0) is 57.1 Å². The van der Waals surface area contributed by atoms with E-state index in [-0.39, 0.29) is 0 Å². The number of nitrogens with one attached hydrogen (secondary N) is 1. The first-order valence-corrected chi connectivity index (χ1v) is 7.49. The molecule has 108 valence electrons. The third-order valence-electron chi connectivity index (χ3n) is 3.55. The van der Waals surface area contributed by atoms with Crippen molar-refractivity contribution < 1.29 is 0 Å². The monoisotopic (exact) mass is 262 g/mol. The molecule has 1 unspecified atom stereocenters. The van der Waals surface area contributed by atoms with Crippen molar-refractivity contribution in [1.29, 1.82) is 0 Å². The maximum absolute atomic E-state index is 3.60. The van der Waals surface area contributed by atoms with Crippen LogP contribution in [-0.4, -0.2) is 38.1 Å². The van der Waals surface area contributed by atoms with Gasteiger partial charge in [0, 0.05) is 6.04 Å². The smallest absolute Gasteiger partial charge is 0.0119 e. The van der Waals surface area contributed by atoms with E-state index in [1.807, 2.05) is 0 Å². The number of benzene rings is 1. The number of hydrogen-bond donors (Lipinski definition) is 1. The topological polar surface area (TPSA) is 15.3 Å².